The van der Waals surface area contributed by atoms with Crippen molar-refractivity contribution in [1.82, 2.24) is 10.2 Å². The minimum Gasteiger partial charge on any atom is -0.336 e. The van der Waals surface area contributed by atoms with Gasteiger partial charge in [0.1, 0.15) is 5.54 Å². The summed E-state index contributed by atoms with van der Waals surface area (Å²) in [5.74, 6) is -0.228. The van der Waals surface area contributed by atoms with Gasteiger partial charge in [-0.2, -0.15) is 5.26 Å². The van der Waals surface area contributed by atoms with Crippen LogP contribution in [0, 0.1) is 16.7 Å². The van der Waals surface area contributed by atoms with Crippen molar-refractivity contribution in [2.75, 3.05) is 20.1 Å². The van der Waals surface area contributed by atoms with Crippen LogP contribution in [0.2, 0.25) is 0 Å². The normalized spacial score (nSPS) is 22.0. The van der Waals surface area contributed by atoms with Crippen molar-refractivity contribution < 1.29 is 4.79 Å². The Morgan fingerprint density at radius 2 is 1.94 bits per heavy atom. The van der Waals surface area contributed by atoms with Crippen molar-refractivity contribution in [2.24, 2.45) is 11.1 Å². The van der Waals surface area contributed by atoms with Crippen molar-refractivity contribution in [3.05, 3.63) is 0 Å². The van der Waals surface area contributed by atoms with Crippen LogP contribution in [0.4, 0.5) is 0 Å². The summed E-state index contributed by atoms with van der Waals surface area (Å²) in [5, 5.41) is 12.2. The molecule has 0 spiro atoms. The first-order valence-corrected chi connectivity index (χ1v) is 6.38. The molecule has 1 aliphatic heterocycles. The summed E-state index contributed by atoms with van der Waals surface area (Å²) < 4.78 is 0. The molecule has 0 bridgehead atoms. The van der Waals surface area contributed by atoms with Crippen LogP contribution in [0.1, 0.15) is 33.6 Å². The quantitative estimate of drug-likeness (QED) is 0.748. The molecular formula is C13H24N4O. The summed E-state index contributed by atoms with van der Waals surface area (Å²) in [7, 11) is 2.02. The second-order valence-electron chi connectivity index (χ2n) is 6.33. The molecule has 1 rings (SSSR count). The van der Waals surface area contributed by atoms with Crippen molar-refractivity contribution in [3.63, 3.8) is 0 Å². The molecule has 0 aromatic heterocycles. The topological polar surface area (TPSA) is 82.2 Å². The SMILES string of the molecule is CN1CCC(C#N)(NC(=O)[C@@H](N)C(C)(C)C)CC1. The monoisotopic (exact) mass is 252 g/mol. The summed E-state index contributed by atoms with van der Waals surface area (Å²) >= 11 is 0. The van der Waals surface area contributed by atoms with Crippen LogP contribution in [0.25, 0.3) is 0 Å². The lowest BCUT2D eigenvalue weighted by atomic mass is 9.84. The maximum absolute atomic E-state index is 12.1. The fourth-order valence-electron chi connectivity index (χ4n) is 1.97. The standard InChI is InChI=1S/C13H24N4O/c1-12(2,3)10(15)11(18)16-13(9-14)5-7-17(4)8-6-13/h10H,5-8,15H2,1-4H3,(H,16,18)/t10-/m1/s1. The first-order chi connectivity index (χ1) is 8.20. The number of piperidine rings is 1. The molecule has 5 nitrogen and oxygen atoms in total. The van der Waals surface area contributed by atoms with Gasteiger partial charge in [0, 0.05) is 13.1 Å². The number of carbonyl (C=O) groups is 1. The Kier molecular flexibility index (Phi) is 4.36. The second kappa shape index (κ2) is 5.25. The molecule has 1 heterocycles. The molecule has 18 heavy (non-hydrogen) atoms. The molecule has 0 radical (unpaired) electrons. The summed E-state index contributed by atoms with van der Waals surface area (Å²) in [6.07, 6.45) is 1.31. The van der Waals surface area contributed by atoms with Gasteiger partial charge in [0.2, 0.25) is 5.91 Å². The van der Waals surface area contributed by atoms with Crippen LogP contribution in [-0.4, -0.2) is 42.5 Å². The van der Waals surface area contributed by atoms with Gasteiger partial charge in [-0.05, 0) is 25.3 Å². The van der Waals surface area contributed by atoms with Crippen molar-refractivity contribution in [2.45, 2.75) is 45.2 Å². The van der Waals surface area contributed by atoms with Gasteiger partial charge in [0.25, 0.3) is 0 Å². The number of hydrogen-bond donors (Lipinski definition) is 2. The second-order valence-corrected chi connectivity index (χ2v) is 6.33. The minimum absolute atomic E-state index is 0.228. The molecule has 1 fully saturated rings. The van der Waals surface area contributed by atoms with E-state index in [9.17, 15) is 10.1 Å². The molecular weight excluding hydrogens is 228 g/mol. The largest absolute Gasteiger partial charge is 0.336 e. The molecule has 1 aliphatic rings. The number of nitrogens with two attached hydrogens (primary N) is 1. The van der Waals surface area contributed by atoms with E-state index < -0.39 is 11.6 Å². The summed E-state index contributed by atoms with van der Waals surface area (Å²) in [4.78, 5) is 14.3. The maximum Gasteiger partial charge on any atom is 0.238 e. The molecule has 0 aliphatic carbocycles. The summed E-state index contributed by atoms with van der Waals surface area (Å²) in [6, 6.07) is 1.67. The Morgan fingerprint density at radius 3 is 2.33 bits per heavy atom. The number of nitrogens with zero attached hydrogens (tertiary/aromatic N) is 2. The Morgan fingerprint density at radius 1 is 1.44 bits per heavy atom. The van der Waals surface area contributed by atoms with Crippen LogP contribution in [-0.2, 0) is 4.79 Å². The maximum atomic E-state index is 12.1. The van der Waals surface area contributed by atoms with Gasteiger partial charge < -0.3 is 16.0 Å². The lowest BCUT2D eigenvalue weighted by Crippen LogP contribution is -2.59. The van der Waals surface area contributed by atoms with E-state index in [4.69, 9.17) is 5.73 Å². The molecule has 102 valence electrons. The average Bonchev–Trinajstić information content (AvgIpc) is 2.30. The molecule has 3 N–H and O–H groups in total. The number of rotatable bonds is 2. The minimum atomic E-state index is -0.744. The lowest BCUT2D eigenvalue weighted by Gasteiger charge is -2.37. The lowest BCUT2D eigenvalue weighted by molar-refractivity contribution is -0.126. The highest BCUT2D eigenvalue weighted by Crippen LogP contribution is 2.23. The fourth-order valence-corrected chi connectivity index (χ4v) is 1.97. The number of nitrogens with one attached hydrogen (secondary N) is 1. The van der Waals surface area contributed by atoms with Gasteiger partial charge >= 0.3 is 0 Å². The van der Waals surface area contributed by atoms with Gasteiger partial charge in [-0.3, -0.25) is 4.79 Å². The van der Waals surface area contributed by atoms with Crippen LogP contribution >= 0.6 is 0 Å². The summed E-state index contributed by atoms with van der Waals surface area (Å²) in [5.41, 5.74) is 4.88. The molecule has 0 aromatic rings. The molecule has 0 aromatic carbocycles. The van der Waals surface area contributed by atoms with Crippen LogP contribution in [0.3, 0.4) is 0 Å². The van der Waals surface area contributed by atoms with Gasteiger partial charge in [0.05, 0.1) is 12.1 Å². The highest BCUT2D eigenvalue weighted by Gasteiger charge is 2.38. The van der Waals surface area contributed by atoms with Gasteiger partial charge in [-0.15, -0.1) is 0 Å². The van der Waals surface area contributed by atoms with E-state index in [-0.39, 0.29) is 11.3 Å². The first kappa shape index (κ1) is 14.9. The van der Waals surface area contributed by atoms with E-state index in [1.54, 1.807) is 0 Å². The van der Waals surface area contributed by atoms with E-state index in [0.717, 1.165) is 13.1 Å². The third kappa shape index (κ3) is 3.44. The van der Waals surface area contributed by atoms with E-state index in [2.05, 4.69) is 16.3 Å². The fraction of sp³-hybridized carbons (Fsp3) is 0.846. The average molecular weight is 252 g/mol. The van der Waals surface area contributed by atoms with E-state index in [1.165, 1.54) is 0 Å². The Bertz CT molecular complexity index is 345. The van der Waals surface area contributed by atoms with Crippen molar-refractivity contribution >= 4 is 5.91 Å². The van der Waals surface area contributed by atoms with Crippen LogP contribution < -0.4 is 11.1 Å². The zero-order chi connectivity index (χ0) is 14.0. The highest BCUT2D eigenvalue weighted by atomic mass is 16.2. The van der Waals surface area contributed by atoms with E-state index >= 15 is 0 Å². The third-order valence-corrected chi connectivity index (χ3v) is 3.63. The van der Waals surface area contributed by atoms with Gasteiger partial charge in [-0.25, -0.2) is 0 Å². The smallest absolute Gasteiger partial charge is 0.238 e. The molecule has 1 amide bonds. The van der Waals surface area contributed by atoms with Crippen LogP contribution in [0.15, 0.2) is 0 Å². The summed E-state index contributed by atoms with van der Waals surface area (Å²) in [6.45, 7) is 7.40. The van der Waals surface area contributed by atoms with Crippen LogP contribution in [0.5, 0.6) is 0 Å². The van der Waals surface area contributed by atoms with E-state index in [1.807, 2.05) is 27.8 Å². The zero-order valence-electron chi connectivity index (χ0n) is 11.8. The van der Waals surface area contributed by atoms with Crippen molar-refractivity contribution in [1.29, 1.82) is 5.26 Å². The number of likely N-dealkylation sites (tertiary alicyclic amines) is 1. The first-order valence-electron chi connectivity index (χ1n) is 6.38. The third-order valence-electron chi connectivity index (χ3n) is 3.63. The number of amides is 1. The predicted molar refractivity (Wildman–Crippen MR) is 70.6 cm³/mol. The molecule has 5 heteroatoms. The number of hydrogen-bond acceptors (Lipinski definition) is 4. The van der Waals surface area contributed by atoms with Gasteiger partial charge in [-0.1, -0.05) is 20.8 Å². The highest BCUT2D eigenvalue weighted by molar-refractivity contribution is 5.83. The Balaban J connectivity index is 2.70. The number of carbonyl (C=O) groups excluding carboxylic acids is 1. The molecule has 1 atom stereocenters. The Labute approximate surface area is 109 Å². The molecule has 1 saturated heterocycles. The van der Waals surface area contributed by atoms with E-state index in [0.29, 0.717) is 12.8 Å². The zero-order valence-corrected chi connectivity index (χ0v) is 11.8. The predicted octanol–water partition coefficient (Wildman–Crippen LogP) is 0.464. The van der Waals surface area contributed by atoms with Crippen molar-refractivity contribution in [3.8, 4) is 6.07 Å². The molecule has 0 unspecified atom stereocenters. The number of nitriles is 1. The van der Waals surface area contributed by atoms with Gasteiger partial charge in [0.15, 0.2) is 0 Å². The Hall–Kier alpha value is -1.12. The molecule has 0 saturated carbocycles.